The highest BCUT2D eigenvalue weighted by Gasteiger charge is 2.17. The van der Waals surface area contributed by atoms with Gasteiger partial charge in [-0.3, -0.25) is 9.59 Å². The van der Waals surface area contributed by atoms with E-state index >= 15 is 0 Å². The number of thiazole rings is 1. The number of carbonyl (C=O) groups excluding carboxylic acids is 1. The Morgan fingerprint density at radius 2 is 1.68 bits per heavy atom. The molecule has 1 amide bonds. The lowest BCUT2D eigenvalue weighted by Gasteiger charge is -2.23. The van der Waals surface area contributed by atoms with Gasteiger partial charge in [0.25, 0.3) is 5.91 Å². The predicted octanol–water partition coefficient (Wildman–Crippen LogP) is 8.89. The molecule has 0 saturated heterocycles. The summed E-state index contributed by atoms with van der Waals surface area (Å²) in [4.78, 5) is 30.6. The molecule has 0 bridgehead atoms. The largest absolute Gasteiger partial charge is 0.489 e. The van der Waals surface area contributed by atoms with E-state index in [1.807, 2.05) is 54.6 Å². The van der Waals surface area contributed by atoms with Crippen LogP contribution < -0.4 is 15.0 Å². The fourth-order valence-electron chi connectivity index (χ4n) is 5.56. The molecule has 0 spiro atoms. The van der Waals surface area contributed by atoms with E-state index in [1.165, 1.54) is 24.0 Å². The van der Waals surface area contributed by atoms with Gasteiger partial charge in [-0.25, -0.2) is 4.98 Å². The molecule has 0 unspecified atom stereocenters. The molecule has 0 saturated carbocycles. The number of rotatable bonds is 13. The number of nitrogens with zero attached hydrogens (tertiary/aromatic N) is 2. The number of ether oxygens (including phenoxy) is 1. The highest BCUT2D eigenvalue weighted by Crippen LogP contribution is 2.36. The van der Waals surface area contributed by atoms with Crippen LogP contribution >= 0.6 is 11.3 Å². The highest BCUT2D eigenvalue weighted by atomic mass is 32.1. The lowest BCUT2D eigenvalue weighted by molar-refractivity contribution is -0.136. The second-order valence-electron chi connectivity index (χ2n) is 11.5. The Morgan fingerprint density at radius 1 is 0.872 bits per heavy atom. The summed E-state index contributed by atoms with van der Waals surface area (Å²) in [5.41, 5.74) is 8.18. The second kappa shape index (κ2) is 15.4. The molecule has 0 atom stereocenters. The van der Waals surface area contributed by atoms with Gasteiger partial charge in [0.15, 0.2) is 5.13 Å². The Labute approximate surface area is 279 Å². The number of aromatic nitrogens is 1. The topological polar surface area (TPSA) is 91.8 Å². The third-order valence-electron chi connectivity index (χ3n) is 8.12. The van der Waals surface area contributed by atoms with Crippen LogP contribution in [0, 0.1) is 0 Å². The number of hydrogen-bond acceptors (Lipinski definition) is 6. The highest BCUT2D eigenvalue weighted by molar-refractivity contribution is 7.14. The van der Waals surface area contributed by atoms with Crippen LogP contribution in [0.1, 0.15) is 59.2 Å². The smallest absolute Gasteiger partial charge is 0.305 e. The van der Waals surface area contributed by atoms with Gasteiger partial charge in [0, 0.05) is 28.7 Å². The summed E-state index contributed by atoms with van der Waals surface area (Å²) in [5.74, 6) is -0.446. The van der Waals surface area contributed by atoms with Crippen molar-refractivity contribution in [1.82, 2.24) is 10.3 Å². The maximum Gasteiger partial charge on any atom is 0.305 e. The van der Waals surface area contributed by atoms with Crippen LogP contribution in [-0.4, -0.2) is 28.5 Å². The molecule has 5 aromatic rings. The molecular weight excluding hydrogens is 607 g/mol. The molecule has 1 aromatic heterocycles. The lowest BCUT2D eigenvalue weighted by atomic mass is 9.93. The molecular formula is C39H37N3O4S. The normalized spacial score (nSPS) is 12.6. The third kappa shape index (κ3) is 8.54. The van der Waals surface area contributed by atoms with Crippen molar-refractivity contribution in [3.63, 3.8) is 0 Å². The minimum absolute atomic E-state index is 0.0883. The van der Waals surface area contributed by atoms with Gasteiger partial charge in [0.1, 0.15) is 12.4 Å². The van der Waals surface area contributed by atoms with E-state index in [1.54, 1.807) is 23.5 Å². The summed E-state index contributed by atoms with van der Waals surface area (Å²) in [6.45, 7) is 1.14. The van der Waals surface area contributed by atoms with E-state index in [9.17, 15) is 9.59 Å². The number of carboxylic acids is 1. The van der Waals surface area contributed by atoms with Gasteiger partial charge in [-0.1, -0.05) is 72.8 Å². The van der Waals surface area contributed by atoms with Gasteiger partial charge in [0.2, 0.25) is 0 Å². The van der Waals surface area contributed by atoms with E-state index < -0.39 is 5.97 Å². The molecule has 0 aliphatic heterocycles. The van der Waals surface area contributed by atoms with Crippen LogP contribution in [0.2, 0.25) is 0 Å². The molecule has 0 fully saturated rings. The Kier molecular flexibility index (Phi) is 10.4. The van der Waals surface area contributed by atoms with Crippen molar-refractivity contribution in [2.24, 2.45) is 0 Å². The summed E-state index contributed by atoms with van der Waals surface area (Å²) >= 11 is 1.58. The first-order chi connectivity index (χ1) is 23.0. The van der Waals surface area contributed by atoms with Crippen molar-refractivity contribution in [3.8, 4) is 17.0 Å². The Bertz CT molecular complexity index is 1830. The average Bonchev–Trinajstić information content (AvgIpc) is 3.61. The van der Waals surface area contributed by atoms with Crippen LogP contribution in [-0.2, 0) is 17.9 Å². The zero-order valence-electron chi connectivity index (χ0n) is 26.1. The van der Waals surface area contributed by atoms with E-state index in [0.29, 0.717) is 18.7 Å². The van der Waals surface area contributed by atoms with Crippen molar-refractivity contribution in [2.75, 3.05) is 11.4 Å². The quantitative estimate of drug-likeness (QED) is 0.133. The number of carbonyl (C=O) groups is 2. The molecule has 6 rings (SSSR count). The maximum atomic E-state index is 12.5. The van der Waals surface area contributed by atoms with Crippen LogP contribution in [0.5, 0.6) is 5.75 Å². The van der Waals surface area contributed by atoms with Gasteiger partial charge in [-0.2, -0.15) is 0 Å². The van der Waals surface area contributed by atoms with E-state index in [2.05, 4.69) is 58.1 Å². The number of amides is 1. The van der Waals surface area contributed by atoms with Gasteiger partial charge in [-0.05, 0) is 84.3 Å². The minimum atomic E-state index is -0.946. The average molecular weight is 644 g/mol. The first-order valence-electron chi connectivity index (χ1n) is 15.9. The number of hydrogen-bond donors (Lipinski definition) is 2. The monoisotopic (exact) mass is 643 g/mol. The number of aliphatic carboxylic acids is 1. The molecule has 7 nitrogen and oxygen atoms in total. The van der Waals surface area contributed by atoms with Crippen LogP contribution in [0.4, 0.5) is 10.8 Å². The lowest BCUT2D eigenvalue weighted by Crippen LogP contribution is -2.26. The van der Waals surface area contributed by atoms with Crippen LogP contribution in [0.15, 0.2) is 115 Å². The van der Waals surface area contributed by atoms with Gasteiger partial charge in [0.05, 0.1) is 18.7 Å². The Balaban J connectivity index is 1.23. The van der Waals surface area contributed by atoms with E-state index in [4.69, 9.17) is 14.8 Å². The van der Waals surface area contributed by atoms with Crippen molar-refractivity contribution in [2.45, 2.75) is 45.3 Å². The number of nitrogens with one attached hydrogen (secondary N) is 1. The molecule has 8 heteroatoms. The van der Waals surface area contributed by atoms with Crippen molar-refractivity contribution in [3.05, 3.63) is 137 Å². The minimum Gasteiger partial charge on any atom is -0.489 e. The summed E-state index contributed by atoms with van der Waals surface area (Å²) in [5, 5.41) is 14.4. The third-order valence-corrected chi connectivity index (χ3v) is 8.99. The Hall–Kier alpha value is -5.21. The first kappa shape index (κ1) is 31.8. The second-order valence-corrected chi connectivity index (χ2v) is 12.4. The number of allylic oxidation sites excluding steroid dienone is 2. The fraction of sp³-hybridized carbons (Fsp3) is 0.205. The molecule has 1 heterocycles. The number of benzene rings is 4. The summed E-state index contributed by atoms with van der Waals surface area (Å²) in [7, 11) is 0. The molecule has 47 heavy (non-hydrogen) atoms. The molecule has 4 aromatic carbocycles. The Morgan fingerprint density at radius 3 is 2.43 bits per heavy atom. The number of carboxylic acid groups (broad SMARTS) is 1. The molecule has 238 valence electrons. The maximum absolute atomic E-state index is 12.5. The molecule has 2 N–H and O–H groups in total. The summed E-state index contributed by atoms with van der Waals surface area (Å²) in [6, 6.07) is 34.3. The summed E-state index contributed by atoms with van der Waals surface area (Å²) in [6.07, 6.45) is 6.98. The summed E-state index contributed by atoms with van der Waals surface area (Å²) < 4.78 is 6.08. The number of anilines is 2. The molecule has 1 aliphatic rings. The predicted molar refractivity (Wildman–Crippen MR) is 188 cm³/mol. The zero-order valence-corrected chi connectivity index (χ0v) is 26.9. The van der Waals surface area contributed by atoms with Gasteiger partial charge >= 0.3 is 5.97 Å². The van der Waals surface area contributed by atoms with E-state index in [-0.39, 0.29) is 18.9 Å². The fourth-order valence-corrected chi connectivity index (χ4v) is 6.42. The molecule has 0 radical (unpaired) electrons. The van der Waals surface area contributed by atoms with Crippen molar-refractivity contribution in [1.29, 1.82) is 0 Å². The molecule has 1 aliphatic carbocycles. The SMILES string of the molecule is O=C(O)CCNC(=O)c1ccc(CN(c2ccc(C3=CCCCC3)cc2)c2nc(-c3cccc(OCc4ccccc4)c3)cs2)cc1. The van der Waals surface area contributed by atoms with Crippen molar-refractivity contribution >= 4 is 39.6 Å². The van der Waals surface area contributed by atoms with Crippen molar-refractivity contribution < 1.29 is 19.4 Å². The van der Waals surface area contributed by atoms with E-state index in [0.717, 1.165) is 51.8 Å². The standard InChI is InChI=1S/C39H37N3O4S/c43-37(44)22-23-40-38(45)32-16-14-28(15-17-32)25-42(34-20-18-31(19-21-34)30-10-5-2-6-11-30)39-41-36(27-47-39)33-12-7-13-35(24-33)46-26-29-8-3-1-4-9-29/h1,3-4,7-10,12-21,24,27H,2,5-6,11,22-23,25-26H2,(H,40,45)(H,43,44). The van der Waals surface area contributed by atoms with Crippen LogP contribution in [0.3, 0.4) is 0 Å². The van der Waals surface area contributed by atoms with Gasteiger partial charge < -0.3 is 20.1 Å². The van der Waals surface area contributed by atoms with Crippen LogP contribution in [0.25, 0.3) is 16.8 Å². The zero-order chi connectivity index (χ0) is 32.4. The first-order valence-corrected chi connectivity index (χ1v) is 16.8. The van der Waals surface area contributed by atoms with Gasteiger partial charge in [-0.15, -0.1) is 11.3 Å².